The lowest BCUT2D eigenvalue weighted by Gasteiger charge is -2.32. The summed E-state index contributed by atoms with van der Waals surface area (Å²) in [6.45, 7) is 4.74. The fourth-order valence-corrected chi connectivity index (χ4v) is 2.85. The number of nitrogens with one attached hydrogen (secondary N) is 1. The Balaban J connectivity index is 1.66. The van der Waals surface area contributed by atoms with E-state index in [9.17, 15) is 0 Å². The third kappa shape index (κ3) is 3.18. The Morgan fingerprint density at radius 1 is 0.933 bits per heavy atom. The molecule has 2 nitrogen and oxygen atoms in total. The van der Waals surface area contributed by atoms with Crippen LogP contribution in [-0.4, -0.2) is 12.1 Å². The molecule has 2 heteroatoms. The molecule has 88 valence electrons. The van der Waals surface area contributed by atoms with E-state index in [-0.39, 0.29) is 0 Å². The molecule has 0 heterocycles. The second kappa shape index (κ2) is 5.31. The summed E-state index contributed by atoms with van der Waals surface area (Å²) >= 11 is 0. The van der Waals surface area contributed by atoms with Crippen molar-refractivity contribution < 1.29 is 4.84 Å². The Hall–Kier alpha value is -0.0800. The van der Waals surface area contributed by atoms with Crippen LogP contribution in [0.5, 0.6) is 0 Å². The zero-order valence-corrected chi connectivity index (χ0v) is 10.2. The molecular weight excluding hydrogens is 186 g/mol. The molecule has 2 saturated carbocycles. The molecule has 0 bridgehead atoms. The van der Waals surface area contributed by atoms with Gasteiger partial charge in [-0.2, -0.15) is 5.48 Å². The molecule has 2 aliphatic carbocycles. The van der Waals surface area contributed by atoms with Crippen molar-refractivity contribution in [1.29, 1.82) is 0 Å². The monoisotopic (exact) mass is 211 g/mol. The van der Waals surface area contributed by atoms with Crippen LogP contribution in [0.1, 0.15) is 58.8 Å². The predicted molar refractivity (Wildman–Crippen MR) is 62.4 cm³/mol. The number of hydrogen-bond acceptors (Lipinski definition) is 2. The highest BCUT2D eigenvalue weighted by atomic mass is 16.7. The van der Waals surface area contributed by atoms with Gasteiger partial charge in [0, 0.05) is 6.04 Å². The second-order valence-corrected chi connectivity index (χ2v) is 5.61. The zero-order chi connectivity index (χ0) is 10.7. The highest BCUT2D eigenvalue weighted by Crippen LogP contribution is 2.29. The summed E-state index contributed by atoms with van der Waals surface area (Å²) in [6.07, 6.45) is 9.64. The lowest BCUT2D eigenvalue weighted by atomic mass is 9.79. The molecule has 0 amide bonds. The van der Waals surface area contributed by atoms with Gasteiger partial charge in [-0.3, -0.25) is 4.84 Å². The highest BCUT2D eigenvalue weighted by Gasteiger charge is 2.25. The van der Waals surface area contributed by atoms with Crippen LogP contribution >= 0.6 is 0 Å². The van der Waals surface area contributed by atoms with Gasteiger partial charge in [0.25, 0.3) is 0 Å². The molecule has 2 aliphatic rings. The Labute approximate surface area is 93.7 Å². The largest absolute Gasteiger partial charge is 0.298 e. The summed E-state index contributed by atoms with van der Waals surface area (Å²) in [5, 5.41) is 0. The summed E-state index contributed by atoms with van der Waals surface area (Å²) in [6, 6.07) is 0.608. The van der Waals surface area contributed by atoms with Gasteiger partial charge in [-0.25, -0.2) is 0 Å². The fourth-order valence-electron chi connectivity index (χ4n) is 2.85. The van der Waals surface area contributed by atoms with E-state index in [0.29, 0.717) is 12.1 Å². The number of rotatable bonds is 3. The van der Waals surface area contributed by atoms with Gasteiger partial charge < -0.3 is 0 Å². The Bertz CT molecular complexity index is 189. The van der Waals surface area contributed by atoms with Crippen LogP contribution in [0.2, 0.25) is 0 Å². The minimum absolute atomic E-state index is 0.500. The molecule has 1 N–H and O–H groups in total. The summed E-state index contributed by atoms with van der Waals surface area (Å²) in [5.74, 6) is 1.75. The molecule has 0 aliphatic heterocycles. The smallest absolute Gasteiger partial charge is 0.0790 e. The van der Waals surface area contributed by atoms with Gasteiger partial charge in [0.2, 0.25) is 0 Å². The van der Waals surface area contributed by atoms with Gasteiger partial charge in [-0.05, 0) is 43.9 Å². The number of hydrogen-bond donors (Lipinski definition) is 1. The molecule has 2 fully saturated rings. The molecule has 3 unspecified atom stereocenters. The van der Waals surface area contributed by atoms with Crippen LogP contribution in [0.15, 0.2) is 0 Å². The third-order valence-corrected chi connectivity index (χ3v) is 4.30. The van der Waals surface area contributed by atoms with Crippen LogP contribution in [0, 0.1) is 11.8 Å². The first-order valence-corrected chi connectivity index (χ1v) is 6.67. The average Bonchev–Trinajstić information content (AvgIpc) is 2.73. The molecule has 0 aromatic heterocycles. The van der Waals surface area contributed by atoms with Crippen molar-refractivity contribution in [3.05, 3.63) is 0 Å². The summed E-state index contributed by atoms with van der Waals surface area (Å²) in [5.41, 5.74) is 3.31. The van der Waals surface area contributed by atoms with Gasteiger partial charge in [-0.1, -0.05) is 26.7 Å². The summed E-state index contributed by atoms with van der Waals surface area (Å²) < 4.78 is 0. The van der Waals surface area contributed by atoms with Gasteiger partial charge in [0.1, 0.15) is 0 Å². The van der Waals surface area contributed by atoms with E-state index in [0.717, 1.165) is 11.8 Å². The van der Waals surface area contributed by atoms with Crippen LogP contribution in [-0.2, 0) is 4.84 Å². The van der Waals surface area contributed by atoms with Crippen LogP contribution in [0.4, 0.5) is 0 Å². The van der Waals surface area contributed by atoms with E-state index >= 15 is 0 Å². The van der Waals surface area contributed by atoms with Crippen LogP contribution in [0.3, 0.4) is 0 Å². The van der Waals surface area contributed by atoms with Crippen molar-refractivity contribution in [3.63, 3.8) is 0 Å². The topological polar surface area (TPSA) is 21.3 Å². The van der Waals surface area contributed by atoms with E-state index in [1.807, 2.05) is 0 Å². The van der Waals surface area contributed by atoms with E-state index in [4.69, 9.17) is 4.84 Å². The molecule has 15 heavy (non-hydrogen) atoms. The lowest BCUT2D eigenvalue weighted by Crippen LogP contribution is -2.38. The van der Waals surface area contributed by atoms with Crippen molar-refractivity contribution in [2.75, 3.05) is 0 Å². The molecule has 0 radical (unpaired) electrons. The standard InChI is InChI=1S/C13H25NO/c1-10-7-8-12(9-11(10)2)14-15-13-5-3-4-6-13/h10-14H,3-9H2,1-2H3. The first-order valence-electron chi connectivity index (χ1n) is 6.67. The summed E-state index contributed by atoms with van der Waals surface area (Å²) in [4.78, 5) is 5.78. The van der Waals surface area contributed by atoms with E-state index in [1.54, 1.807) is 0 Å². The normalized spacial score (nSPS) is 38.4. The maximum absolute atomic E-state index is 5.78. The molecule has 2 rings (SSSR count). The lowest BCUT2D eigenvalue weighted by molar-refractivity contribution is -0.0522. The van der Waals surface area contributed by atoms with Crippen molar-refractivity contribution in [1.82, 2.24) is 5.48 Å². The quantitative estimate of drug-likeness (QED) is 0.723. The highest BCUT2D eigenvalue weighted by molar-refractivity contribution is 4.78. The fraction of sp³-hybridized carbons (Fsp3) is 1.00. The van der Waals surface area contributed by atoms with Gasteiger partial charge in [0.15, 0.2) is 0 Å². The Morgan fingerprint density at radius 3 is 2.33 bits per heavy atom. The van der Waals surface area contributed by atoms with E-state index in [1.165, 1.54) is 44.9 Å². The third-order valence-electron chi connectivity index (χ3n) is 4.30. The minimum Gasteiger partial charge on any atom is -0.298 e. The predicted octanol–water partition coefficient (Wildman–Crippen LogP) is 3.27. The van der Waals surface area contributed by atoms with Crippen molar-refractivity contribution in [2.24, 2.45) is 11.8 Å². The Morgan fingerprint density at radius 2 is 1.67 bits per heavy atom. The zero-order valence-electron chi connectivity index (χ0n) is 10.2. The van der Waals surface area contributed by atoms with Gasteiger partial charge in [-0.15, -0.1) is 0 Å². The van der Waals surface area contributed by atoms with Crippen LogP contribution in [0.25, 0.3) is 0 Å². The minimum atomic E-state index is 0.500. The van der Waals surface area contributed by atoms with E-state index in [2.05, 4.69) is 19.3 Å². The SMILES string of the molecule is CC1CCC(NOC2CCCC2)CC1C. The molecule has 3 atom stereocenters. The summed E-state index contributed by atoms with van der Waals surface area (Å²) in [7, 11) is 0. The average molecular weight is 211 g/mol. The first kappa shape index (κ1) is 11.4. The maximum Gasteiger partial charge on any atom is 0.0790 e. The van der Waals surface area contributed by atoms with Gasteiger partial charge >= 0.3 is 0 Å². The van der Waals surface area contributed by atoms with Gasteiger partial charge in [0.05, 0.1) is 6.10 Å². The Kier molecular flexibility index (Phi) is 4.04. The number of hydroxylamine groups is 1. The maximum atomic E-state index is 5.78. The second-order valence-electron chi connectivity index (χ2n) is 5.61. The van der Waals surface area contributed by atoms with Crippen molar-refractivity contribution in [3.8, 4) is 0 Å². The van der Waals surface area contributed by atoms with Crippen molar-refractivity contribution in [2.45, 2.75) is 70.9 Å². The van der Waals surface area contributed by atoms with Crippen molar-refractivity contribution >= 4 is 0 Å². The molecular formula is C13H25NO. The van der Waals surface area contributed by atoms with Crippen LogP contribution < -0.4 is 5.48 Å². The first-order chi connectivity index (χ1) is 7.25. The molecule has 0 aromatic carbocycles. The molecule has 0 aromatic rings. The van der Waals surface area contributed by atoms with E-state index < -0.39 is 0 Å². The molecule has 0 saturated heterocycles. The molecule has 0 spiro atoms.